The van der Waals surface area contributed by atoms with Gasteiger partial charge in [0, 0.05) is 36.2 Å². The molecule has 0 aromatic heterocycles. The molecule has 202 valence electrons. The van der Waals surface area contributed by atoms with Gasteiger partial charge in [0.25, 0.3) is 16.1 Å². The molecule has 4 rings (SSSR count). The number of ether oxygens (including phenoxy) is 1. The third-order valence-electron chi connectivity index (χ3n) is 7.06. The van der Waals surface area contributed by atoms with Crippen molar-refractivity contribution in [3.63, 3.8) is 0 Å². The van der Waals surface area contributed by atoms with E-state index in [2.05, 4.69) is 14.8 Å². The van der Waals surface area contributed by atoms with Crippen molar-refractivity contribution < 1.29 is 26.7 Å². The average Bonchev–Trinajstić information content (AvgIpc) is 2.92. The number of hydrogen-bond acceptors (Lipinski definition) is 4. The SMILES string of the molecule is COc1ccccc1C(=O)NCC1(c2ccccc2)CCC(NS(=O)(=O)NCc2ccc(F)cc2F)CC1. The molecule has 3 aromatic carbocycles. The van der Waals surface area contributed by atoms with Gasteiger partial charge in [0.2, 0.25) is 0 Å². The number of carbonyl (C=O) groups excluding carboxylic acids is 1. The highest BCUT2D eigenvalue weighted by Crippen LogP contribution is 2.39. The van der Waals surface area contributed by atoms with Crippen LogP contribution in [0, 0.1) is 11.6 Å². The van der Waals surface area contributed by atoms with Gasteiger partial charge in [-0.1, -0.05) is 48.5 Å². The number of para-hydroxylation sites is 1. The molecular formula is C28H31F2N3O4S. The van der Waals surface area contributed by atoms with Gasteiger partial charge in [-0.05, 0) is 49.4 Å². The van der Waals surface area contributed by atoms with E-state index in [0.29, 0.717) is 49.6 Å². The average molecular weight is 544 g/mol. The molecule has 0 spiro atoms. The van der Waals surface area contributed by atoms with E-state index in [1.807, 2.05) is 30.3 Å². The molecule has 0 radical (unpaired) electrons. The van der Waals surface area contributed by atoms with Crippen LogP contribution in [0.4, 0.5) is 8.78 Å². The van der Waals surface area contributed by atoms with Gasteiger partial charge in [0.1, 0.15) is 17.4 Å². The maximum absolute atomic E-state index is 13.9. The number of methoxy groups -OCH3 is 1. The van der Waals surface area contributed by atoms with Crippen LogP contribution in [-0.4, -0.2) is 34.0 Å². The minimum atomic E-state index is -3.92. The molecule has 1 saturated carbocycles. The third kappa shape index (κ3) is 6.75. The molecule has 7 nitrogen and oxygen atoms in total. The first-order chi connectivity index (χ1) is 18.2. The zero-order valence-corrected chi connectivity index (χ0v) is 21.9. The van der Waals surface area contributed by atoms with Crippen molar-refractivity contribution in [2.45, 2.75) is 43.7 Å². The van der Waals surface area contributed by atoms with Crippen LogP contribution in [0.3, 0.4) is 0 Å². The van der Waals surface area contributed by atoms with Crippen LogP contribution >= 0.6 is 0 Å². The van der Waals surface area contributed by atoms with Crippen molar-refractivity contribution in [3.05, 3.63) is 101 Å². The van der Waals surface area contributed by atoms with Crippen LogP contribution in [0.25, 0.3) is 0 Å². The maximum Gasteiger partial charge on any atom is 0.277 e. The van der Waals surface area contributed by atoms with Crippen molar-refractivity contribution in [2.75, 3.05) is 13.7 Å². The van der Waals surface area contributed by atoms with Gasteiger partial charge in [0.05, 0.1) is 12.7 Å². The Labute approximate surface area is 221 Å². The van der Waals surface area contributed by atoms with Crippen LogP contribution in [0.5, 0.6) is 5.75 Å². The van der Waals surface area contributed by atoms with Gasteiger partial charge in [-0.15, -0.1) is 0 Å². The van der Waals surface area contributed by atoms with Crippen LogP contribution < -0.4 is 19.5 Å². The second-order valence-corrected chi connectivity index (χ2v) is 11.0. The Kier molecular flexibility index (Phi) is 8.76. The molecule has 1 aliphatic carbocycles. The Bertz CT molecular complexity index is 1360. The van der Waals surface area contributed by atoms with Crippen LogP contribution in [0.1, 0.15) is 47.2 Å². The lowest BCUT2D eigenvalue weighted by Gasteiger charge is -2.41. The lowest BCUT2D eigenvalue weighted by atomic mass is 9.68. The number of nitrogens with one attached hydrogen (secondary N) is 3. The monoisotopic (exact) mass is 543 g/mol. The molecule has 0 aliphatic heterocycles. The van der Waals surface area contributed by atoms with Crippen molar-refractivity contribution in [2.24, 2.45) is 0 Å². The summed E-state index contributed by atoms with van der Waals surface area (Å²) < 4.78 is 62.6. The number of carbonyl (C=O) groups is 1. The highest BCUT2D eigenvalue weighted by atomic mass is 32.2. The highest BCUT2D eigenvalue weighted by molar-refractivity contribution is 7.87. The van der Waals surface area contributed by atoms with Crippen molar-refractivity contribution >= 4 is 16.1 Å². The number of rotatable bonds is 10. The van der Waals surface area contributed by atoms with E-state index >= 15 is 0 Å². The largest absolute Gasteiger partial charge is 0.496 e. The zero-order chi connectivity index (χ0) is 27.2. The lowest BCUT2D eigenvalue weighted by molar-refractivity contribution is 0.0932. The fourth-order valence-electron chi connectivity index (χ4n) is 4.92. The van der Waals surface area contributed by atoms with Gasteiger partial charge in [0.15, 0.2) is 0 Å². The standard InChI is InChI=1S/C28H31F2N3O4S/c1-37-26-10-6-5-9-24(26)27(34)31-19-28(21-7-3-2-4-8-21)15-13-23(14-16-28)33-38(35,36)32-18-20-11-12-22(29)17-25(20)30/h2-12,17,23,32-33H,13-16,18-19H2,1H3,(H,31,34). The Morgan fingerprint density at radius 2 is 1.68 bits per heavy atom. The topological polar surface area (TPSA) is 96.5 Å². The first kappa shape index (κ1) is 27.7. The summed E-state index contributed by atoms with van der Waals surface area (Å²) in [6, 6.07) is 19.6. The fraction of sp³-hybridized carbons (Fsp3) is 0.321. The van der Waals surface area contributed by atoms with Gasteiger partial charge in [-0.2, -0.15) is 17.9 Å². The predicted molar refractivity (Wildman–Crippen MR) is 141 cm³/mol. The van der Waals surface area contributed by atoms with E-state index in [0.717, 1.165) is 11.6 Å². The minimum absolute atomic E-state index is 0.0503. The smallest absolute Gasteiger partial charge is 0.277 e. The van der Waals surface area contributed by atoms with E-state index in [1.54, 1.807) is 24.3 Å². The van der Waals surface area contributed by atoms with Gasteiger partial charge < -0.3 is 10.1 Å². The summed E-state index contributed by atoms with van der Waals surface area (Å²) in [5.41, 5.74) is 1.20. The normalized spacial score (nSPS) is 19.6. The van der Waals surface area contributed by atoms with E-state index in [9.17, 15) is 22.0 Å². The Balaban J connectivity index is 1.40. The minimum Gasteiger partial charge on any atom is -0.496 e. The highest BCUT2D eigenvalue weighted by Gasteiger charge is 2.38. The van der Waals surface area contributed by atoms with Crippen molar-refractivity contribution in [1.82, 2.24) is 14.8 Å². The quantitative estimate of drug-likeness (QED) is 0.357. The molecule has 0 unspecified atom stereocenters. The predicted octanol–water partition coefficient (Wildman–Crippen LogP) is 4.21. The van der Waals surface area contributed by atoms with Gasteiger partial charge in [-0.3, -0.25) is 4.79 Å². The summed E-state index contributed by atoms with van der Waals surface area (Å²) >= 11 is 0. The van der Waals surface area contributed by atoms with E-state index in [4.69, 9.17) is 4.74 Å². The number of benzene rings is 3. The van der Waals surface area contributed by atoms with Crippen LogP contribution in [-0.2, 0) is 22.2 Å². The second kappa shape index (κ2) is 12.0. The summed E-state index contributed by atoms with van der Waals surface area (Å²) in [4.78, 5) is 13.0. The molecule has 3 aromatic rings. The van der Waals surface area contributed by atoms with Crippen LogP contribution in [0.15, 0.2) is 72.8 Å². The zero-order valence-electron chi connectivity index (χ0n) is 21.0. The number of halogens is 2. The molecule has 0 atom stereocenters. The van der Waals surface area contributed by atoms with Gasteiger partial charge >= 0.3 is 0 Å². The summed E-state index contributed by atoms with van der Waals surface area (Å²) in [6.07, 6.45) is 2.38. The Morgan fingerprint density at radius 1 is 1.00 bits per heavy atom. The van der Waals surface area contributed by atoms with Crippen molar-refractivity contribution in [1.29, 1.82) is 0 Å². The van der Waals surface area contributed by atoms with E-state index in [-0.39, 0.29) is 29.5 Å². The summed E-state index contributed by atoms with van der Waals surface area (Å²) in [6.45, 7) is 0.0898. The fourth-order valence-corrected chi connectivity index (χ4v) is 6.03. The van der Waals surface area contributed by atoms with E-state index in [1.165, 1.54) is 13.2 Å². The summed E-state index contributed by atoms with van der Waals surface area (Å²) in [7, 11) is -2.40. The molecule has 10 heteroatoms. The number of hydrogen-bond donors (Lipinski definition) is 3. The van der Waals surface area contributed by atoms with E-state index < -0.39 is 21.8 Å². The summed E-state index contributed by atoms with van der Waals surface area (Å²) in [5.74, 6) is -1.29. The molecule has 3 N–H and O–H groups in total. The molecule has 1 fully saturated rings. The molecule has 1 amide bonds. The molecule has 38 heavy (non-hydrogen) atoms. The first-order valence-electron chi connectivity index (χ1n) is 12.4. The van der Waals surface area contributed by atoms with Crippen LogP contribution in [0.2, 0.25) is 0 Å². The molecule has 0 bridgehead atoms. The molecule has 0 saturated heterocycles. The van der Waals surface area contributed by atoms with Gasteiger partial charge in [-0.25, -0.2) is 8.78 Å². The third-order valence-corrected chi connectivity index (χ3v) is 8.23. The Hall–Kier alpha value is -3.34. The molecular weight excluding hydrogens is 512 g/mol. The summed E-state index contributed by atoms with van der Waals surface area (Å²) in [5, 5.41) is 3.06. The molecule has 1 aliphatic rings. The first-order valence-corrected chi connectivity index (χ1v) is 13.9. The number of amides is 1. The maximum atomic E-state index is 13.9. The molecule has 0 heterocycles. The van der Waals surface area contributed by atoms with Crippen molar-refractivity contribution in [3.8, 4) is 5.75 Å². The lowest BCUT2D eigenvalue weighted by Crippen LogP contribution is -2.49. The Morgan fingerprint density at radius 3 is 2.37 bits per heavy atom. The second-order valence-electron chi connectivity index (χ2n) is 9.48.